The maximum atomic E-state index is 15.1. The van der Waals surface area contributed by atoms with Crippen LogP contribution in [-0.2, 0) is 14.3 Å². The average molecular weight is 549 g/mol. The Labute approximate surface area is 217 Å². The van der Waals surface area contributed by atoms with Gasteiger partial charge in [0.25, 0.3) is 5.91 Å². The third-order valence-corrected chi connectivity index (χ3v) is 6.25. The molecule has 3 N–H and O–H groups in total. The van der Waals surface area contributed by atoms with Crippen molar-refractivity contribution in [2.24, 2.45) is 0 Å². The van der Waals surface area contributed by atoms with Crippen molar-refractivity contribution in [2.45, 2.75) is 38.3 Å². The molecule has 0 radical (unpaired) electrons. The molecule has 4 amide bonds. The molecule has 1 atom stereocenters. The topological polar surface area (TPSA) is 115 Å². The molecule has 15 heteroatoms. The van der Waals surface area contributed by atoms with Gasteiger partial charge in [0.1, 0.15) is 11.8 Å². The number of cyclic esters (lactones) is 1. The fourth-order valence-electron chi connectivity index (χ4n) is 4.20. The van der Waals surface area contributed by atoms with E-state index in [0.29, 0.717) is 26.1 Å². The summed E-state index contributed by atoms with van der Waals surface area (Å²) in [5, 5.41) is 6.16. The SMILES string of the molecule is CCN(CCN(NC)C(=O)NC1CCOCC1)c1c(F)cc(N2C[C@H](CNC(=O)C(F)F)OC2=O)cc1F. The smallest absolute Gasteiger partial charge is 0.414 e. The Balaban J connectivity index is 1.63. The largest absolute Gasteiger partial charge is 0.442 e. The number of likely N-dealkylation sites (N-methyl/N-ethyl adjacent to an activating group) is 1. The summed E-state index contributed by atoms with van der Waals surface area (Å²) in [6.07, 6.45) is -3.73. The number of anilines is 2. The summed E-state index contributed by atoms with van der Waals surface area (Å²) in [4.78, 5) is 38.2. The van der Waals surface area contributed by atoms with Gasteiger partial charge in [-0.1, -0.05) is 0 Å². The highest BCUT2D eigenvalue weighted by Gasteiger charge is 2.34. The Bertz CT molecular complexity index is 974. The molecule has 0 aromatic heterocycles. The van der Waals surface area contributed by atoms with Gasteiger partial charge in [-0.15, -0.1) is 0 Å². The van der Waals surface area contributed by atoms with Gasteiger partial charge >= 0.3 is 18.5 Å². The molecule has 0 saturated carbocycles. The first-order valence-electron chi connectivity index (χ1n) is 12.3. The lowest BCUT2D eigenvalue weighted by atomic mass is 10.1. The van der Waals surface area contributed by atoms with Crippen molar-refractivity contribution in [2.75, 3.05) is 62.8 Å². The van der Waals surface area contributed by atoms with Crippen molar-refractivity contribution < 1.29 is 41.4 Å². The molecule has 212 valence electrons. The summed E-state index contributed by atoms with van der Waals surface area (Å²) in [6, 6.07) is 1.56. The molecule has 0 bridgehead atoms. The second kappa shape index (κ2) is 13.5. The van der Waals surface area contributed by atoms with Gasteiger partial charge in [-0.05, 0) is 19.8 Å². The molecule has 0 spiro atoms. The van der Waals surface area contributed by atoms with Crippen LogP contribution in [0.5, 0.6) is 0 Å². The maximum Gasteiger partial charge on any atom is 0.414 e. The number of benzene rings is 1. The molecule has 0 unspecified atom stereocenters. The van der Waals surface area contributed by atoms with E-state index in [4.69, 9.17) is 9.47 Å². The van der Waals surface area contributed by atoms with Crippen LogP contribution in [0.2, 0.25) is 0 Å². The number of carbonyl (C=O) groups excluding carboxylic acids is 3. The monoisotopic (exact) mass is 548 g/mol. The number of rotatable bonds is 11. The van der Waals surface area contributed by atoms with E-state index in [2.05, 4.69) is 10.7 Å². The van der Waals surface area contributed by atoms with Gasteiger partial charge < -0.3 is 25.0 Å². The first kappa shape index (κ1) is 29.2. The molecule has 2 saturated heterocycles. The van der Waals surface area contributed by atoms with Gasteiger partial charge in [-0.3, -0.25) is 14.7 Å². The van der Waals surface area contributed by atoms with Gasteiger partial charge in [0, 0.05) is 51.5 Å². The van der Waals surface area contributed by atoms with Crippen LogP contribution in [0.3, 0.4) is 0 Å². The van der Waals surface area contributed by atoms with Crippen molar-refractivity contribution in [1.29, 1.82) is 0 Å². The molecule has 38 heavy (non-hydrogen) atoms. The second-order valence-electron chi connectivity index (χ2n) is 8.71. The zero-order valence-electron chi connectivity index (χ0n) is 21.1. The molecule has 1 aromatic carbocycles. The lowest BCUT2D eigenvalue weighted by molar-refractivity contribution is -0.132. The van der Waals surface area contributed by atoms with Crippen LogP contribution in [0, 0.1) is 11.6 Å². The van der Waals surface area contributed by atoms with Gasteiger partial charge in [0.15, 0.2) is 11.6 Å². The lowest BCUT2D eigenvalue weighted by Crippen LogP contribution is -2.53. The second-order valence-corrected chi connectivity index (χ2v) is 8.71. The van der Waals surface area contributed by atoms with E-state index in [9.17, 15) is 23.2 Å². The number of hydrogen-bond donors (Lipinski definition) is 3. The number of urea groups is 1. The van der Waals surface area contributed by atoms with E-state index in [0.717, 1.165) is 17.0 Å². The Morgan fingerprint density at radius 3 is 2.39 bits per heavy atom. The Morgan fingerprint density at radius 1 is 1.16 bits per heavy atom. The first-order chi connectivity index (χ1) is 18.1. The van der Waals surface area contributed by atoms with Crippen LogP contribution in [0.1, 0.15) is 19.8 Å². The molecule has 0 aliphatic carbocycles. The van der Waals surface area contributed by atoms with Crippen LogP contribution in [-0.4, -0.2) is 94.6 Å². The zero-order valence-corrected chi connectivity index (χ0v) is 21.1. The van der Waals surface area contributed by atoms with Crippen LogP contribution in [0.15, 0.2) is 12.1 Å². The Kier molecular flexibility index (Phi) is 10.4. The minimum atomic E-state index is -3.22. The number of hydrogen-bond acceptors (Lipinski definition) is 7. The molecule has 1 aromatic rings. The van der Waals surface area contributed by atoms with Crippen molar-refractivity contribution in [1.82, 2.24) is 21.1 Å². The number of hydrazine groups is 1. The van der Waals surface area contributed by atoms with Gasteiger partial charge in [0.05, 0.1) is 25.3 Å². The number of nitrogens with zero attached hydrogens (tertiary/aromatic N) is 3. The highest BCUT2D eigenvalue weighted by Crippen LogP contribution is 2.31. The first-order valence-corrected chi connectivity index (χ1v) is 12.3. The molecule has 2 aliphatic rings. The average Bonchev–Trinajstić information content (AvgIpc) is 3.26. The number of carbonyl (C=O) groups is 3. The molecule has 2 fully saturated rings. The number of ether oxygens (including phenoxy) is 2. The fourth-order valence-corrected chi connectivity index (χ4v) is 4.20. The van der Waals surface area contributed by atoms with Crippen molar-refractivity contribution in [3.8, 4) is 0 Å². The van der Waals surface area contributed by atoms with E-state index in [1.807, 2.05) is 5.32 Å². The maximum absolute atomic E-state index is 15.1. The third-order valence-electron chi connectivity index (χ3n) is 6.25. The summed E-state index contributed by atoms with van der Waals surface area (Å²) in [6.45, 7) is 2.70. The van der Waals surface area contributed by atoms with Crippen molar-refractivity contribution >= 4 is 29.4 Å². The predicted molar refractivity (Wildman–Crippen MR) is 129 cm³/mol. The zero-order chi connectivity index (χ0) is 27.8. The number of halogens is 4. The summed E-state index contributed by atoms with van der Waals surface area (Å²) < 4.78 is 65.2. The van der Waals surface area contributed by atoms with E-state index in [1.165, 1.54) is 9.91 Å². The van der Waals surface area contributed by atoms with E-state index in [-0.39, 0.29) is 56.2 Å². The molecule has 2 heterocycles. The van der Waals surface area contributed by atoms with Crippen LogP contribution >= 0.6 is 0 Å². The summed E-state index contributed by atoms with van der Waals surface area (Å²) >= 11 is 0. The lowest BCUT2D eigenvalue weighted by Gasteiger charge is -2.30. The minimum absolute atomic E-state index is 0.0192. The Morgan fingerprint density at radius 2 is 1.82 bits per heavy atom. The quantitative estimate of drug-likeness (QED) is 0.286. The highest BCUT2D eigenvalue weighted by molar-refractivity contribution is 5.90. The number of amides is 4. The summed E-state index contributed by atoms with van der Waals surface area (Å²) in [7, 11) is 1.57. The van der Waals surface area contributed by atoms with E-state index < -0.39 is 36.2 Å². The van der Waals surface area contributed by atoms with Crippen LogP contribution in [0.4, 0.5) is 38.5 Å². The van der Waals surface area contributed by atoms with Gasteiger partial charge in [-0.2, -0.15) is 8.78 Å². The molecule has 11 nitrogen and oxygen atoms in total. The molecule has 2 aliphatic heterocycles. The predicted octanol–water partition coefficient (Wildman–Crippen LogP) is 1.82. The van der Waals surface area contributed by atoms with Crippen LogP contribution < -0.4 is 25.9 Å². The van der Waals surface area contributed by atoms with Crippen molar-refractivity contribution in [3.63, 3.8) is 0 Å². The van der Waals surface area contributed by atoms with E-state index >= 15 is 8.78 Å². The minimum Gasteiger partial charge on any atom is -0.442 e. The number of alkyl halides is 2. The highest BCUT2D eigenvalue weighted by atomic mass is 19.3. The summed E-state index contributed by atoms with van der Waals surface area (Å²) in [5.74, 6) is -3.39. The van der Waals surface area contributed by atoms with Gasteiger partial charge in [-0.25, -0.2) is 23.8 Å². The molecular formula is C23H32F4N6O5. The summed E-state index contributed by atoms with van der Waals surface area (Å²) in [5.41, 5.74) is 2.33. The fraction of sp³-hybridized carbons (Fsp3) is 0.609. The van der Waals surface area contributed by atoms with E-state index in [1.54, 1.807) is 14.0 Å². The molecule has 3 rings (SSSR count). The third kappa shape index (κ3) is 7.37. The molecular weight excluding hydrogens is 516 g/mol. The Hall–Kier alpha value is -3.33. The van der Waals surface area contributed by atoms with Crippen molar-refractivity contribution in [3.05, 3.63) is 23.8 Å². The van der Waals surface area contributed by atoms with Gasteiger partial charge in [0.2, 0.25) is 0 Å². The standard InChI is InChI=1S/C23H32F4N6O5/c1-3-31(6-7-33(28-2)22(35)30-14-4-8-37-9-5-14)19-17(24)10-15(11-18(19)25)32-13-16(38-23(32)36)12-29-21(34)20(26)27/h10-11,14,16,20,28H,3-9,12-13H2,1-2H3,(H,29,34)(H,30,35)/t16-/m0/s1. The van der Waals surface area contributed by atoms with Crippen LogP contribution in [0.25, 0.3) is 0 Å². The number of nitrogens with one attached hydrogen (secondary N) is 3. The normalized spacial score (nSPS) is 17.9.